The van der Waals surface area contributed by atoms with Crippen LogP contribution >= 0.6 is 7.37 Å². The third-order valence-corrected chi connectivity index (χ3v) is 12.1. The Morgan fingerprint density at radius 2 is 1.66 bits per heavy atom. The number of aromatic nitrogens is 1. The zero-order valence-electron chi connectivity index (χ0n) is 27.4. The summed E-state index contributed by atoms with van der Waals surface area (Å²) in [6.45, 7) is 0.331. The fourth-order valence-corrected chi connectivity index (χ4v) is 9.61. The van der Waals surface area contributed by atoms with Gasteiger partial charge in [0.05, 0.1) is 11.7 Å². The van der Waals surface area contributed by atoms with Gasteiger partial charge < -0.3 is 36.5 Å². The molecule has 50 heavy (non-hydrogen) atoms. The third-order valence-electron chi connectivity index (χ3n) is 9.05. The van der Waals surface area contributed by atoms with E-state index in [1.807, 2.05) is 24.3 Å². The summed E-state index contributed by atoms with van der Waals surface area (Å²) in [5.74, 6) is -4.18. The number of sulfonamides is 1. The van der Waals surface area contributed by atoms with Gasteiger partial charge in [0, 0.05) is 36.1 Å². The van der Waals surface area contributed by atoms with Gasteiger partial charge >= 0.3 is 24.8 Å². The molecule has 270 valence electrons. The fourth-order valence-electron chi connectivity index (χ4n) is 6.49. The van der Waals surface area contributed by atoms with E-state index in [9.17, 15) is 42.5 Å². The van der Waals surface area contributed by atoms with Crippen LogP contribution in [0.15, 0.2) is 54.7 Å². The second-order valence-electron chi connectivity index (χ2n) is 13.0. The summed E-state index contributed by atoms with van der Waals surface area (Å²) in [4.78, 5) is 54.7. The van der Waals surface area contributed by atoms with Gasteiger partial charge in [-0.3, -0.25) is 14.2 Å². The van der Waals surface area contributed by atoms with Crippen LogP contribution in [0.3, 0.4) is 0 Å². The summed E-state index contributed by atoms with van der Waals surface area (Å²) >= 11 is 0. The average Bonchev–Trinajstić information content (AvgIpc) is 3.68. The van der Waals surface area contributed by atoms with Crippen LogP contribution in [0.2, 0.25) is 0 Å². The molecule has 0 spiro atoms. The van der Waals surface area contributed by atoms with E-state index in [0.717, 1.165) is 17.2 Å². The molecule has 2 aromatic carbocycles. The number of benzene rings is 2. The molecule has 1 fully saturated rings. The molecular formula is C33H47LiN5O9PS. The van der Waals surface area contributed by atoms with Crippen molar-refractivity contribution in [3.8, 4) is 5.75 Å². The van der Waals surface area contributed by atoms with Crippen LogP contribution in [0.5, 0.6) is 5.75 Å². The monoisotopic (exact) mass is 727 g/mol. The molecule has 1 unspecified atom stereocenters. The molecule has 4 atom stereocenters. The number of H-pyrrole nitrogens is 1. The molecule has 0 saturated heterocycles. The number of carboxylic acid groups (broad SMARTS) is 1. The first-order chi connectivity index (χ1) is 23.1. The number of carbonyl (C=O) groups excluding carboxylic acids is 2. The Morgan fingerprint density at radius 3 is 2.28 bits per heavy atom. The van der Waals surface area contributed by atoms with Crippen LogP contribution in [-0.4, -0.2) is 102 Å². The molecular weight excluding hydrogens is 680 g/mol. The normalized spacial score (nSPS) is 17.2. The molecule has 9 N–H and O–H groups in total. The molecule has 1 aliphatic rings. The van der Waals surface area contributed by atoms with Crippen LogP contribution in [0.25, 0.3) is 10.9 Å². The number of amides is 2. The average molecular weight is 728 g/mol. The van der Waals surface area contributed by atoms with Gasteiger partial charge in [-0.05, 0) is 61.6 Å². The van der Waals surface area contributed by atoms with Gasteiger partial charge in [0.25, 0.3) is 0 Å². The number of aromatic hydroxyl groups is 1. The van der Waals surface area contributed by atoms with E-state index in [2.05, 4.69) is 20.3 Å². The predicted octanol–water partition coefficient (Wildman–Crippen LogP) is 1.90. The number of hydrogen-bond donors (Lipinski definition) is 8. The van der Waals surface area contributed by atoms with Gasteiger partial charge in [-0.2, -0.15) is 0 Å². The van der Waals surface area contributed by atoms with Crippen LogP contribution < -0.4 is 21.1 Å². The van der Waals surface area contributed by atoms with Crippen molar-refractivity contribution in [3.05, 3.63) is 65.9 Å². The summed E-state index contributed by atoms with van der Waals surface area (Å²) in [5.41, 5.74) is 6.20. The van der Waals surface area contributed by atoms with Crippen LogP contribution in [0.1, 0.15) is 56.1 Å². The van der Waals surface area contributed by atoms with Crippen molar-refractivity contribution in [2.24, 2.45) is 11.1 Å². The summed E-state index contributed by atoms with van der Waals surface area (Å²) < 4.78 is 40.9. The van der Waals surface area contributed by atoms with Crippen LogP contribution in [-0.2, 0) is 41.8 Å². The maximum atomic E-state index is 14.4. The Morgan fingerprint density at radius 1 is 1.00 bits per heavy atom. The number of rotatable bonds is 18. The Kier molecular flexibility index (Phi) is 14.7. The summed E-state index contributed by atoms with van der Waals surface area (Å²) in [6.07, 6.45) is 4.55. The van der Waals surface area contributed by atoms with Gasteiger partial charge in [-0.1, -0.05) is 49.6 Å². The standard InChI is InChI=1S/C33H46N5O9PS.Li.H/c1-49(46,47)38-27(10-4-7-17-34)30(40)37-29(18-22-11-13-24(39)14-12-22)48(44,45)21-33(15-5-6-16-33)32(43)36-28(31(41)42)19-23-20-35-26-9-3-2-8-25(23)26;;/h2-3,8-9,11-14,20,27-29,35,38-39H,4-7,10,15-19,21,34H2,1H3,(H,36,43)(H,37,40)(H,41,42)(H,44,45);;/t27-,28-,29+;;/m0../s1. The number of nitrogens with two attached hydrogens (primary N) is 1. The van der Waals surface area contributed by atoms with E-state index in [4.69, 9.17) is 5.73 Å². The minimum absolute atomic E-state index is 0. The van der Waals surface area contributed by atoms with Crippen LogP contribution in [0, 0.1) is 5.41 Å². The number of carboxylic acids is 1. The number of fused-ring (bicyclic) bond motifs is 1. The molecule has 1 saturated carbocycles. The van der Waals surface area contributed by atoms with Gasteiger partial charge in [-0.15, -0.1) is 0 Å². The molecule has 4 rings (SSSR count). The quantitative estimate of drug-likeness (QED) is 0.0538. The molecule has 1 aliphatic carbocycles. The number of hydrogen-bond acceptors (Lipinski definition) is 8. The molecule has 1 aromatic heterocycles. The second kappa shape index (κ2) is 17.9. The zero-order valence-corrected chi connectivity index (χ0v) is 29.1. The molecule has 3 aromatic rings. The first-order valence-electron chi connectivity index (χ1n) is 16.3. The van der Waals surface area contributed by atoms with Crippen molar-refractivity contribution < 1.29 is 42.5 Å². The Hall–Kier alpha value is -3.15. The molecule has 0 aliphatic heterocycles. The van der Waals surface area contributed by atoms with Gasteiger partial charge in [-0.25, -0.2) is 17.9 Å². The molecule has 14 nitrogen and oxygen atoms in total. The van der Waals surface area contributed by atoms with Gasteiger partial charge in [0.15, 0.2) is 0 Å². The SMILES string of the molecule is CS(=O)(=O)N[C@@H](CCCCN)C(=O)N[C@@H](Cc1ccc(O)cc1)P(=O)(O)CC1(C(=O)N[C@@H](Cc2c[nH]c3ccccc23)C(=O)O)CCCC1.[LiH]. The van der Waals surface area contributed by atoms with E-state index in [-0.39, 0.29) is 56.7 Å². The predicted molar refractivity (Wildman–Crippen MR) is 193 cm³/mol. The van der Waals surface area contributed by atoms with E-state index >= 15 is 0 Å². The Balaban J connectivity index is 0.00000676. The van der Waals surface area contributed by atoms with E-state index < -0.39 is 64.6 Å². The Labute approximate surface area is 304 Å². The molecule has 0 radical (unpaired) electrons. The maximum absolute atomic E-state index is 14.4. The molecule has 1 heterocycles. The first kappa shape index (κ1) is 41.3. The van der Waals surface area contributed by atoms with Gasteiger partial charge in [0.2, 0.25) is 29.2 Å². The van der Waals surface area contributed by atoms with Crippen LogP contribution in [0.4, 0.5) is 0 Å². The van der Waals surface area contributed by atoms with Crippen molar-refractivity contribution >= 4 is 64.9 Å². The topological polar surface area (TPSA) is 241 Å². The summed E-state index contributed by atoms with van der Waals surface area (Å²) in [7, 11) is -8.32. The van der Waals surface area contributed by atoms with E-state index in [0.29, 0.717) is 43.4 Å². The number of phenolic OH excluding ortho intramolecular Hbond substituents is 1. The summed E-state index contributed by atoms with van der Waals surface area (Å²) in [6, 6.07) is 10.7. The molecule has 0 bridgehead atoms. The number of carbonyl (C=O) groups is 3. The molecule has 17 heteroatoms. The summed E-state index contributed by atoms with van der Waals surface area (Å²) in [5, 5.41) is 25.9. The molecule has 2 amide bonds. The number of aromatic amines is 1. The van der Waals surface area contributed by atoms with Crippen molar-refractivity contribution in [3.63, 3.8) is 0 Å². The van der Waals surface area contributed by atoms with Crippen molar-refractivity contribution in [1.82, 2.24) is 20.3 Å². The number of unbranched alkanes of at least 4 members (excludes halogenated alkanes) is 1. The zero-order chi connectivity index (χ0) is 35.8. The van der Waals surface area contributed by atoms with Crippen molar-refractivity contribution in [1.29, 1.82) is 0 Å². The Bertz CT molecular complexity index is 1780. The third kappa shape index (κ3) is 11.2. The van der Waals surface area contributed by atoms with Crippen molar-refractivity contribution in [2.75, 3.05) is 19.0 Å². The number of phenols is 1. The minimum atomic E-state index is -4.49. The number of aliphatic carboxylic acids is 1. The number of para-hydroxylation sites is 1. The first-order valence-corrected chi connectivity index (χ1v) is 20.1. The fraction of sp³-hybridized carbons (Fsp3) is 0.485. The second-order valence-corrected chi connectivity index (χ2v) is 17.2. The van der Waals surface area contributed by atoms with E-state index in [1.165, 1.54) is 24.3 Å². The number of nitrogens with one attached hydrogen (secondary N) is 4. The van der Waals surface area contributed by atoms with E-state index in [1.54, 1.807) is 6.20 Å². The van der Waals surface area contributed by atoms with Gasteiger partial charge in [0.1, 0.15) is 23.6 Å². The van der Waals surface area contributed by atoms with Crippen molar-refractivity contribution in [2.45, 2.75) is 75.7 Å².